The number of carbonyl (C=O) groups excluding carboxylic acids is 1. The molecule has 2 aromatic rings. The molecule has 0 bridgehead atoms. The first-order valence-electron chi connectivity index (χ1n) is 8.09. The van der Waals surface area contributed by atoms with Gasteiger partial charge in [-0.15, -0.1) is 0 Å². The molecule has 4 heteroatoms. The molecule has 0 atom stereocenters. The Morgan fingerprint density at radius 2 is 1.54 bits per heavy atom. The Labute approximate surface area is 153 Å². The molecule has 0 spiro atoms. The molecule has 0 aromatic heterocycles. The lowest BCUT2D eigenvalue weighted by atomic mass is 10.1. The lowest BCUT2D eigenvalue weighted by Crippen LogP contribution is -1.98. The lowest BCUT2D eigenvalue weighted by Gasteiger charge is -1.94. The number of benzene rings is 2. The van der Waals surface area contributed by atoms with Crippen molar-refractivity contribution >= 4 is 24.1 Å². The van der Waals surface area contributed by atoms with Crippen LogP contribution in [0.15, 0.2) is 85.0 Å². The number of carbonyl (C=O) groups is 2. The third-order valence-electron chi connectivity index (χ3n) is 3.09. The van der Waals surface area contributed by atoms with Gasteiger partial charge in [0.2, 0.25) is 0 Å². The van der Waals surface area contributed by atoms with Crippen LogP contribution < -0.4 is 0 Å². The van der Waals surface area contributed by atoms with Crippen molar-refractivity contribution in [3.05, 3.63) is 96.1 Å². The maximum absolute atomic E-state index is 10.9. The molecule has 0 aliphatic carbocycles. The van der Waals surface area contributed by atoms with Crippen LogP contribution in [-0.2, 0) is 14.3 Å². The Hall–Kier alpha value is -3.40. The molecule has 26 heavy (non-hydrogen) atoms. The Morgan fingerprint density at radius 3 is 2.00 bits per heavy atom. The summed E-state index contributed by atoms with van der Waals surface area (Å²) >= 11 is 0. The van der Waals surface area contributed by atoms with Crippen LogP contribution in [0.1, 0.15) is 18.1 Å². The van der Waals surface area contributed by atoms with Crippen molar-refractivity contribution in [3.8, 4) is 0 Å². The van der Waals surface area contributed by atoms with Crippen LogP contribution in [0.4, 0.5) is 0 Å². The Bertz CT molecular complexity index is 759. The maximum Gasteiger partial charge on any atom is 0.335 e. The minimum absolute atomic E-state index is 0.200. The van der Waals surface area contributed by atoms with E-state index in [2.05, 4.69) is 6.58 Å². The van der Waals surface area contributed by atoms with Crippen molar-refractivity contribution in [1.82, 2.24) is 0 Å². The van der Waals surface area contributed by atoms with Gasteiger partial charge in [-0.3, -0.25) is 0 Å². The van der Waals surface area contributed by atoms with Gasteiger partial charge in [0.1, 0.15) is 0 Å². The number of carboxylic acids is 1. The van der Waals surface area contributed by atoms with E-state index in [1.807, 2.05) is 60.7 Å². The number of rotatable bonds is 6. The number of aliphatic carboxylic acids is 1. The molecule has 0 saturated heterocycles. The Morgan fingerprint density at radius 1 is 1.00 bits per heavy atom. The van der Waals surface area contributed by atoms with Gasteiger partial charge in [0.25, 0.3) is 0 Å². The third kappa shape index (κ3) is 8.45. The first-order chi connectivity index (χ1) is 12.6. The number of ether oxygens (including phenoxy) is 1. The van der Waals surface area contributed by atoms with Crippen molar-refractivity contribution < 1.29 is 19.4 Å². The van der Waals surface area contributed by atoms with Gasteiger partial charge in [-0.25, -0.2) is 9.59 Å². The monoisotopic (exact) mass is 350 g/mol. The van der Waals surface area contributed by atoms with Gasteiger partial charge in [0.15, 0.2) is 0 Å². The standard InChI is InChI=1S/C11H12O2.C11H10O2/c1-2-13-11(12)9-8-10-6-4-3-5-7-10;1-2-10(11(12)13)8-9-6-4-3-5-7-9/h3-9H,2H2,1H3;2-8H,1H2,(H,12,13). The van der Waals surface area contributed by atoms with Crippen LogP contribution in [-0.4, -0.2) is 23.7 Å². The summed E-state index contributed by atoms with van der Waals surface area (Å²) in [7, 11) is 0. The van der Waals surface area contributed by atoms with E-state index < -0.39 is 5.97 Å². The summed E-state index contributed by atoms with van der Waals surface area (Å²) in [6.07, 6.45) is 6.07. The smallest absolute Gasteiger partial charge is 0.335 e. The lowest BCUT2D eigenvalue weighted by molar-refractivity contribution is -0.137. The van der Waals surface area contributed by atoms with Gasteiger partial charge in [-0.05, 0) is 30.2 Å². The molecule has 134 valence electrons. The number of esters is 1. The normalized spacial score (nSPS) is 10.6. The quantitative estimate of drug-likeness (QED) is 0.470. The van der Waals surface area contributed by atoms with Crippen LogP contribution in [0, 0.1) is 0 Å². The molecule has 1 N–H and O–H groups in total. The largest absolute Gasteiger partial charge is 0.478 e. The van der Waals surface area contributed by atoms with Gasteiger partial charge in [0, 0.05) is 6.08 Å². The van der Waals surface area contributed by atoms with Crippen molar-refractivity contribution in [2.75, 3.05) is 6.61 Å². The molecule has 0 aliphatic heterocycles. The van der Waals surface area contributed by atoms with E-state index in [0.29, 0.717) is 6.61 Å². The predicted octanol–water partition coefficient (Wildman–Crippen LogP) is 4.60. The maximum atomic E-state index is 10.9. The van der Waals surface area contributed by atoms with Gasteiger partial charge >= 0.3 is 11.9 Å². The van der Waals surface area contributed by atoms with Crippen molar-refractivity contribution in [2.24, 2.45) is 0 Å². The molecule has 0 aliphatic rings. The zero-order chi connectivity index (χ0) is 19.2. The highest BCUT2D eigenvalue weighted by molar-refractivity contribution is 5.95. The zero-order valence-electron chi connectivity index (χ0n) is 14.7. The zero-order valence-corrected chi connectivity index (χ0v) is 14.7. The second kappa shape index (κ2) is 12.0. The van der Waals surface area contributed by atoms with E-state index in [4.69, 9.17) is 9.84 Å². The van der Waals surface area contributed by atoms with Crippen LogP contribution in [0.2, 0.25) is 0 Å². The summed E-state index contributed by atoms with van der Waals surface area (Å²) in [5, 5.41) is 8.70. The van der Waals surface area contributed by atoms with Crippen LogP contribution in [0.3, 0.4) is 0 Å². The molecule has 2 aromatic carbocycles. The average molecular weight is 350 g/mol. The molecule has 0 fully saturated rings. The van der Waals surface area contributed by atoms with Crippen LogP contribution in [0.25, 0.3) is 12.2 Å². The number of carboxylic acid groups (broad SMARTS) is 1. The highest BCUT2D eigenvalue weighted by Gasteiger charge is 2.00. The molecule has 2 rings (SSSR count). The average Bonchev–Trinajstić information content (AvgIpc) is 2.66. The molecule has 0 radical (unpaired) electrons. The van der Waals surface area contributed by atoms with Crippen LogP contribution in [0.5, 0.6) is 0 Å². The second-order valence-corrected chi connectivity index (χ2v) is 5.02. The SMILES string of the molecule is C=CC(=Cc1ccccc1)C(=O)O.CCOC(=O)C=Cc1ccccc1. The summed E-state index contributed by atoms with van der Waals surface area (Å²) in [5.41, 5.74) is 2.06. The van der Waals surface area contributed by atoms with Crippen molar-refractivity contribution in [3.63, 3.8) is 0 Å². The molecule has 4 nitrogen and oxygen atoms in total. The second-order valence-electron chi connectivity index (χ2n) is 5.02. The van der Waals surface area contributed by atoms with Gasteiger partial charge < -0.3 is 9.84 Å². The first kappa shape index (κ1) is 20.6. The van der Waals surface area contributed by atoms with E-state index >= 15 is 0 Å². The summed E-state index contributed by atoms with van der Waals surface area (Å²) in [5.74, 6) is -1.26. The van der Waals surface area contributed by atoms with E-state index in [-0.39, 0.29) is 11.5 Å². The topological polar surface area (TPSA) is 63.6 Å². The fourth-order valence-electron chi connectivity index (χ4n) is 1.86. The van der Waals surface area contributed by atoms with Crippen LogP contribution >= 0.6 is 0 Å². The minimum atomic E-state index is -0.959. The molecular weight excluding hydrogens is 328 g/mol. The summed E-state index contributed by atoms with van der Waals surface area (Å²) in [6.45, 7) is 5.63. The highest BCUT2D eigenvalue weighted by atomic mass is 16.5. The van der Waals surface area contributed by atoms with Gasteiger partial charge in [-0.2, -0.15) is 0 Å². The summed E-state index contributed by atoms with van der Waals surface area (Å²) < 4.78 is 4.74. The summed E-state index contributed by atoms with van der Waals surface area (Å²) in [4.78, 5) is 21.5. The molecule has 0 unspecified atom stereocenters. The molecule has 0 saturated carbocycles. The fraction of sp³-hybridized carbons (Fsp3) is 0.0909. The molecular formula is C22H22O4. The Balaban J connectivity index is 0.000000260. The number of hydrogen-bond acceptors (Lipinski definition) is 3. The Kier molecular flexibility index (Phi) is 9.55. The fourth-order valence-corrected chi connectivity index (χ4v) is 1.86. The molecule has 0 amide bonds. The molecule has 0 heterocycles. The van der Waals surface area contributed by atoms with E-state index in [1.165, 1.54) is 12.2 Å². The van der Waals surface area contributed by atoms with Crippen molar-refractivity contribution in [1.29, 1.82) is 0 Å². The third-order valence-corrected chi connectivity index (χ3v) is 3.09. The van der Waals surface area contributed by atoms with Gasteiger partial charge in [0.05, 0.1) is 12.2 Å². The van der Waals surface area contributed by atoms with E-state index in [1.54, 1.807) is 19.1 Å². The predicted molar refractivity (Wildman–Crippen MR) is 104 cm³/mol. The number of hydrogen-bond donors (Lipinski definition) is 1. The minimum Gasteiger partial charge on any atom is -0.478 e. The highest BCUT2D eigenvalue weighted by Crippen LogP contribution is 2.07. The van der Waals surface area contributed by atoms with Crippen molar-refractivity contribution in [2.45, 2.75) is 6.92 Å². The summed E-state index contributed by atoms with van der Waals surface area (Å²) in [6, 6.07) is 18.9. The van der Waals surface area contributed by atoms with Gasteiger partial charge in [-0.1, -0.05) is 73.3 Å². The van der Waals surface area contributed by atoms with E-state index in [0.717, 1.165) is 11.1 Å². The van der Waals surface area contributed by atoms with E-state index in [9.17, 15) is 9.59 Å². The first-order valence-corrected chi connectivity index (χ1v) is 8.09.